The molecular weight excluding hydrogens is 483 g/mol. The van der Waals surface area contributed by atoms with Gasteiger partial charge >= 0.3 is 5.69 Å². The van der Waals surface area contributed by atoms with Crippen LogP contribution in [0.3, 0.4) is 0 Å². The van der Waals surface area contributed by atoms with Gasteiger partial charge in [-0.15, -0.1) is 5.10 Å². The average Bonchev–Trinajstić information content (AvgIpc) is 3.19. The molecule has 4 heterocycles. The second kappa shape index (κ2) is 9.17. The number of carbonyl (C=O) groups is 1. The summed E-state index contributed by atoms with van der Waals surface area (Å²) >= 11 is 0. The molecule has 0 N–H and O–H groups in total. The summed E-state index contributed by atoms with van der Waals surface area (Å²) in [5.74, 6) is 0. The van der Waals surface area contributed by atoms with Crippen molar-refractivity contribution in [2.24, 2.45) is 0 Å². The van der Waals surface area contributed by atoms with Gasteiger partial charge in [0, 0.05) is 29.7 Å². The summed E-state index contributed by atoms with van der Waals surface area (Å²) in [6.07, 6.45) is 5.38. The summed E-state index contributed by atoms with van der Waals surface area (Å²) in [6.45, 7) is 1.90. The van der Waals surface area contributed by atoms with E-state index in [0.717, 1.165) is 33.9 Å². The van der Waals surface area contributed by atoms with Crippen LogP contribution in [0.4, 0.5) is 8.78 Å². The van der Waals surface area contributed by atoms with Crippen molar-refractivity contribution < 1.29 is 13.6 Å². The number of rotatable bonds is 6. The SMILES string of the molecule is Cc1ccc(-c2ccn3c(=O)n(Cc4ccc(C(F)(F)P)nc4C=O)nc3c2-c2ccncc2)cc1. The number of pyridine rings is 3. The van der Waals surface area contributed by atoms with Crippen LogP contribution in [0, 0.1) is 6.92 Å². The van der Waals surface area contributed by atoms with E-state index in [4.69, 9.17) is 0 Å². The molecule has 0 radical (unpaired) electrons. The molecule has 7 nitrogen and oxygen atoms in total. The van der Waals surface area contributed by atoms with Crippen molar-refractivity contribution >= 4 is 21.2 Å². The van der Waals surface area contributed by atoms with Gasteiger partial charge in [-0.3, -0.25) is 9.78 Å². The third-order valence-electron chi connectivity index (χ3n) is 5.87. The molecule has 0 aliphatic heterocycles. The van der Waals surface area contributed by atoms with Crippen molar-refractivity contribution in [2.75, 3.05) is 0 Å². The Labute approximate surface area is 206 Å². The van der Waals surface area contributed by atoms with Crippen LogP contribution < -0.4 is 5.69 Å². The molecule has 10 heteroatoms. The number of fused-ring (bicyclic) bond motifs is 1. The largest absolute Gasteiger partial charge is 0.350 e. The van der Waals surface area contributed by atoms with Gasteiger partial charge in [0.25, 0.3) is 5.66 Å². The highest BCUT2D eigenvalue weighted by molar-refractivity contribution is 7.17. The molecule has 180 valence electrons. The number of aromatic nitrogens is 5. The van der Waals surface area contributed by atoms with Crippen LogP contribution >= 0.6 is 9.24 Å². The second-order valence-electron chi connectivity index (χ2n) is 8.32. The van der Waals surface area contributed by atoms with Crippen LogP contribution in [0.15, 0.2) is 78.0 Å². The van der Waals surface area contributed by atoms with Gasteiger partial charge in [-0.25, -0.2) is 18.9 Å². The third kappa shape index (κ3) is 4.33. The summed E-state index contributed by atoms with van der Waals surface area (Å²) in [4.78, 5) is 32.7. The third-order valence-corrected chi connectivity index (χ3v) is 6.17. The Balaban J connectivity index is 1.68. The lowest BCUT2D eigenvalue weighted by molar-refractivity contribution is 0.0979. The van der Waals surface area contributed by atoms with Crippen LogP contribution in [0.2, 0.25) is 0 Å². The minimum Gasteiger partial charge on any atom is -0.296 e. The summed E-state index contributed by atoms with van der Waals surface area (Å²) in [5, 5.41) is 4.58. The topological polar surface area (TPSA) is 82.1 Å². The molecule has 0 bridgehead atoms. The van der Waals surface area contributed by atoms with E-state index in [1.807, 2.05) is 49.4 Å². The Morgan fingerprint density at radius 1 is 1.00 bits per heavy atom. The van der Waals surface area contributed by atoms with E-state index in [9.17, 15) is 18.4 Å². The van der Waals surface area contributed by atoms with Crippen molar-refractivity contribution in [3.8, 4) is 22.3 Å². The van der Waals surface area contributed by atoms with E-state index in [2.05, 4.69) is 15.1 Å². The molecule has 1 atom stereocenters. The van der Waals surface area contributed by atoms with Gasteiger partial charge in [0.15, 0.2) is 11.9 Å². The first-order valence-electron chi connectivity index (χ1n) is 11.0. The number of hydrogen-bond donors (Lipinski definition) is 0. The smallest absolute Gasteiger partial charge is 0.296 e. The second-order valence-corrected chi connectivity index (χ2v) is 9.05. The van der Waals surface area contributed by atoms with Gasteiger partial charge < -0.3 is 0 Å². The van der Waals surface area contributed by atoms with Gasteiger partial charge in [-0.2, -0.15) is 8.78 Å². The predicted molar refractivity (Wildman–Crippen MR) is 135 cm³/mol. The lowest BCUT2D eigenvalue weighted by atomic mass is 9.96. The molecule has 36 heavy (non-hydrogen) atoms. The number of halogens is 2. The standard InChI is InChI=1S/C26H20F2N5O2P/c1-16-2-4-17(5-3-16)20-10-13-32-24(23(20)18-8-11-29-12-9-18)31-33(25(32)35)14-19-6-7-22(26(27,28)36)30-21(19)15-34/h2-13,15H,14,36H2,1H3. The minimum absolute atomic E-state index is 0.111. The first kappa shape index (κ1) is 23.6. The van der Waals surface area contributed by atoms with Gasteiger partial charge in [-0.05, 0) is 47.9 Å². The zero-order chi connectivity index (χ0) is 25.4. The quantitative estimate of drug-likeness (QED) is 0.248. The number of alkyl halides is 2. The maximum Gasteiger partial charge on any atom is 0.350 e. The van der Waals surface area contributed by atoms with Crippen molar-refractivity contribution in [3.63, 3.8) is 0 Å². The Kier molecular flexibility index (Phi) is 6.02. The van der Waals surface area contributed by atoms with E-state index in [1.165, 1.54) is 24.4 Å². The highest BCUT2D eigenvalue weighted by Gasteiger charge is 2.27. The van der Waals surface area contributed by atoms with Crippen LogP contribution in [0.1, 0.15) is 27.3 Å². The lowest BCUT2D eigenvalue weighted by Crippen LogP contribution is -2.22. The molecule has 0 spiro atoms. The Bertz CT molecular complexity index is 1640. The average molecular weight is 503 g/mol. The summed E-state index contributed by atoms with van der Waals surface area (Å²) < 4.78 is 29.9. The molecule has 0 aliphatic rings. The zero-order valence-corrected chi connectivity index (χ0v) is 20.3. The number of aldehydes is 1. The van der Waals surface area contributed by atoms with Crippen LogP contribution in [-0.2, 0) is 12.2 Å². The lowest BCUT2D eigenvalue weighted by Gasteiger charge is -2.12. The van der Waals surface area contributed by atoms with E-state index in [1.54, 1.807) is 18.6 Å². The fraction of sp³-hybridized carbons (Fsp3) is 0.115. The van der Waals surface area contributed by atoms with Gasteiger partial charge in [0.1, 0.15) is 11.4 Å². The fourth-order valence-corrected chi connectivity index (χ4v) is 4.21. The molecule has 0 aliphatic carbocycles. The van der Waals surface area contributed by atoms with Crippen LogP contribution in [-0.4, -0.2) is 30.4 Å². The van der Waals surface area contributed by atoms with Gasteiger partial charge in [0.05, 0.1) is 6.54 Å². The van der Waals surface area contributed by atoms with Crippen LogP contribution in [0.25, 0.3) is 27.9 Å². The first-order chi connectivity index (χ1) is 17.3. The molecule has 1 aromatic carbocycles. The van der Waals surface area contributed by atoms with E-state index >= 15 is 0 Å². The molecular formula is C26H20F2N5O2P. The highest BCUT2D eigenvalue weighted by atomic mass is 31.0. The number of hydrogen-bond acceptors (Lipinski definition) is 5. The van der Waals surface area contributed by atoms with E-state index < -0.39 is 17.0 Å². The molecule has 0 saturated carbocycles. The normalized spacial score (nSPS) is 11.7. The summed E-state index contributed by atoms with van der Waals surface area (Å²) in [6, 6.07) is 16.1. The molecule has 4 aromatic heterocycles. The first-order valence-corrected chi connectivity index (χ1v) is 11.6. The highest BCUT2D eigenvalue weighted by Crippen LogP contribution is 2.35. The maximum absolute atomic E-state index is 13.6. The van der Waals surface area contributed by atoms with Crippen molar-refractivity contribution in [3.05, 3.63) is 106 Å². The molecule has 5 aromatic rings. The molecule has 0 fully saturated rings. The Hall–Kier alpha value is -4.10. The summed E-state index contributed by atoms with van der Waals surface area (Å²) in [7, 11) is 1.39. The number of benzene rings is 1. The van der Waals surface area contributed by atoms with Gasteiger partial charge in [0.2, 0.25) is 0 Å². The summed E-state index contributed by atoms with van der Waals surface area (Å²) in [5.41, 5.74) is 0.807. The van der Waals surface area contributed by atoms with Crippen molar-refractivity contribution in [2.45, 2.75) is 19.1 Å². The maximum atomic E-state index is 13.6. The Morgan fingerprint density at radius 2 is 1.72 bits per heavy atom. The van der Waals surface area contributed by atoms with Crippen molar-refractivity contribution in [1.82, 2.24) is 24.1 Å². The fourth-order valence-electron chi connectivity index (χ4n) is 4.04. The minimum atomic E-state index is -3.28. The van der Waals surface area contributed by atoms with Crippen molar-refractivity contribution in [1.29, 1.82) is 0 Å². The Morgan fingerprint density at radius 3 is 2.39 bits per heavy atom. The molecule has 5 rings (SSSR count). The van der Waals surface area contributed by atoms with E-state index in [0.29, 0.717) is 17.5 Å². The monoisotopic (exact) mass is 503 g/mol. The number of carbonyl (C=O) groups excluding carboxylic acids is 1. The zero-order valence-electron chi connectivity index (χ0n) is 19.1. The molecule has 0 amide bonds. The number of aryl methyl sites for hydroxylation is 1. The van der Waals surface area contributed by atoms with Crippen LogP contribution in [0.5, 0.6) is 0 Å². The molecule has 1 unspecified atom stereocenters. The number of nitrogens with zero attached hydrogens (tertiary/aromatic N) is 5. The van der Waals surface area contributed by atoms with E-state index in [-0.39, 0.29) is 12.2 Å². The van der Waals surface area contributed by atoms with Gasteiger partial charge in [-0.1, -0.05) is 45.1 Å². The predicted octanol–water partition coefficient (Wildman–Crippen LogP) is 4.71. The molecule has 0 saturated heterocycles.